The zero-order chi connectivity index (χ0) is 13.2. The third kappa shape index (κ3) is 3.46. The standard InChI is InChI=1S/C13H17ClO3S/c1-10-2-4-11(5-3-10)8-12-9-17-7-6-13(12)18(14,15)16/h2-5,12-13H,6-9H2,1H3/t12-,13+/m0/s1. The molecule has 2 rings (SSSR count). The minimum Gasteiger partial charge on any atom is -0.381 e. The van der Waals surface area contributed by atoms with Gasteiger partial charge in [0, 0.05) is 23.2 Å². The van der Waals surface area contributed by atoms with Crippen molar-refractivity contribution in [3.05, 3.63) is 35.4 Å². The Bertz CT molecular complexity index is 495. The molecule has 0 radical (unpaired) electrons. The molecule has 18 heavy (non-hydrogen) atoms. The van der Waals surface area contributed by atoms with E-state index in [0.29, 0.717) is 26.1 Å². The van der Waals surface area contributed by atoms with Crippen LogP contribution in [0.1, 0.15) is 17.5 Å². The predicted molar refractivity (Wildman–Crippen MR) is 72.4 cm³/mol. The lowest BCUT2D eigenvalue weighted by atomic mass is 9.93. The van der Waals surface area contributed by atoms with Crippen LogP contribution in [-0.4, -0.2) is 26.9 Å². The maximum atomic E-state index is 11.6. The Morgan fingerprint density at radius 1 is 1.33 bits per heavy atom. The molecule has 1 fully saturated rings. The molecule has 1 aliphatic rings. The predicted octanol–water partition coefficient (Wildman–Crippen LogP) is 2.51. The highest BCUT2D eigenvalue weighted by Gasteiger charge is 2.34. The van der Waals surface area contributed by atoms with Crippen LogP contribution >= 0.6 is 10.7 Å². The minimum atomic E-state index is -3.51. The first kappa shape index (κ1) is 13.8. The fourth-order valence-electron chi connectivity index (χ4n) is 2.37. The van der Waals surface area contributed by atoms with Gasteiger partial charge in [-0.3, -0.25) is 0 Å². The Labute approximate surface area is 113 Å². The molecular weight excluding hydrogens is 272 g/mol. The summed E-state index contributed by atoms with van der Waals surface area (Å²) in [6.45, 7) is 2.96. The molecule has 2 atom stereocenters. The van der Waals surface area contributed by atoms with E-state index in [4.69, 9.17) is 15.4 Å². The molecule has 5 heteroatoms. The third-order valence-electron chi connectivity index (χ3n) is 3.38. The van der Waals surface area contributed by atoms with E-state index in [-0.39, 0.29) is 5.92 Å². The first-order valence-electron chi connectivity index (χ1n) is 6.03. The summed E-state index contributed by atoms with van der Waals surface area (Å²) in [7, 11) is 2.00. The van der Waals surface area contributed by atoms with E-state index >= 15 is 0 Å². The molecule has 0 spiro atoms. The van der Waals surface area contributed by atoms with Crippen LogP contribution in [0.3, 0.4) is 0 Å². The summed E-state index contributed by atoms with van der Waals surface area (Å²) in [5.41, 5.74) is 2.32. The average molecular weight is 289 g/mol. The number of halogens is 1. The van der Waals surface area contributed by atoms with Gasteiger partial charge in [-0.1, -0.05) is 29.8 Å². The fourth-order valence-corrected chi connectivity index (χ4v) is 4.08. The number of ether oxygens (including phenoxy) is 1. The van der Waals surface area contributed by atoms with Crippen molar-refractivity contribution in [1.29, 1.82) is 0 Å². The molecule has 0 N–H and O–H groups in total. The summed E-state index contributed by atoms with van der Waals surface area (Å²) in [6.07, 6.45) is 1.18. The van der Waals surface area contributed by atoms with Crippen molar-refractivity contribution >= 4 is 19.7 Å². The molecule has 1 heterocycles. The molecule has 0 bridgehead atoms. The van der Waals surface area contributed by atoms with Gasteiger partial charge >= 0.3 is 0 Å². The second-order valence-corrected chi connectivity index (χ2v) is 7.67. The number of benzene rings is 1. The Morgan fingerprint density at radius 3 is 2.61 bits per heavy atom. The quantitative estimate of drug-likeness (QED) is 0.803. The first-order chi connectivity index (χ1) is 8.47. The third-order valence-corrected chi connectivity index (χ3v) is 5.41. The van der Waals surface area contributed by atoms with Crippen LogP contribution in [0.25, 0.3) is 0 Å². The van der Waals surface area contributed by atoms with Gasteiger partial charge in [0.15, 0.2) is 0 Å². The van der Waals surface area contributed by atoms with E-state index in [1.165, 1.54) is 5.56 Å². The van der Waals surface area contributed by atoms with Crippen LogP contribution in [0.4, 0.5) is 0 Å². The van der Waals surface area contributed by atoms with Crippen molar-refractivity contribution in [2.24, 2.45) is 5.92 Å². The molecule has 0 aliphatic carbocycles. The van der Waals surface area contributed by atoms with Crippen LogP contribution < -0.4 is 0 Å². The molecular formula is C13H17ClO3S. The van der Waals surface area contributed by atoms with Crippen LogP contribution in [-0.2, 0) is 20.2 Å². The van der Waals surface area contributed by atoms with Crippen molar-refractivity contribution < 1.29 is 13.2 Å². The normalized spacial score (nSPS) is 25.0. The molecule has 0 amide bonds. The van der Waals surface area contributed by atoms with Gasteiger partial charge in [-0.25, -0.2) is 8.42 Å². The monoisotopic (exact) mass is 288 g/mol. The summed E-state index contributed by atoms with van der Waals surface area (Å²) in [4.78, 5) is 0. The van der Waals surface area contributed by atoms with Gasteiger partial charge in [0.05, 0.1) is 11.9 Å². The number of rotatable bonds is 3. The lowest BCUT2D eigenvalue weighted by Gasteiger charge is -2.29. The molecule has 1 aliphatic heterocycles. The van der Waals surface area contributed by atoms with Crippen LogP contribution in [0.5, 0.6) is 0 Å². The van der Waals surface area contributed by atoms with Gasteiger partial charge in [-0.2, -0.15) is 0 Å². The molecule has 0 unspecified atom stereocenters. The van der Waals surface area contributed by atoms with E-state index in [1.54, 1.807) is 0 Å². The maximum Gasteiger partial charge on any atom is 0.235 e. The second-order valence-electron chi connectivity index (χ2n) is 4.83. The van der Waals surface area contributed by atoms with Crippen molar-refractivity contribution in [2.75, 3.05) is 13.2 Å². The highest BCUT2D eigenvalue weighted by atomic mass is 35.7. The average Bonchev–Trinajstić information content (AvgIpc) is 2.31. The second kappa shape index (κ2) is 5.59. The number of aryl methyl sites for hydroxylation is 1. The van der Waals surface area contributed by atoms with Crippen LogP contribution in [0, 0.1) is 12.8 Å². The molecule has 100 valence electrons. The smallest absolute Gasteiger partial charge is 0.235 e. The van der Waals surface area contributed by atoms with Crippen LogP contribution in [0.2, 0.25) is 0 Å². The Balaban J connectivity index is 2.13. The summed E-state index contributed by atoms with van der Waals surface area (Å²) >= 11 is 0. The van der Waals surface area contributed by atoms with E-state index in [1.807, 2.05) is 31.2 Å². The first-order valence-corrected chi connectivity index (χ1v) is 8.41. The molecule has 1 aromatic rings. The van der Waals surface area contributed by atoms with E-state index in [9.17, 15) is 8.42 Å². The van der Waals surface area contributed by atoms with E-state index in [2.05, 4.69) is 0 Å². The lowest BCUT2D eigenvalue weighted by Crippen LogP contribution is -2.37. The van der Waals surface area contributed by atoms with Gasteiger partial charge in [0.1, 0.15) is 0 Å². The number of hydrogen-bond acceptors (Lipinski definition) is 3. The molecule has 0 aromatic heterocycles. The van der Waals surface area contributed by atoms with Crippen LogP contribution in [0.15, 0.2) is 24.3 Å². The molecule has 3 nitrogen and oxygen atoms in total. The topological polar surface area (TPSA) is 43.4 Å². The maximum absolute atomic E-state index is 11.6. The highest BCUT2D eigenvalue weighted by molar-refractivity contribution is 8.14. The van der Waals surface area contributed by atoms with Gasteiger partial charge < -0.3 is 4.74 Å². The lowest BCUT2D eigenvalue weighted by molar-refractivity contribution is 0.0577. The molecule has 0 saturated carbocycles. The largest absolute Gasteiger partial charge is 0.381 e. The summed E-state index contributed by atoms with van der Waals surface area (Å²) in [6, 6.07) is 8.12. The Morgan fingerprint density at radius 2 is 2.00 bits per heavy atom. The fraction of sp³-hybridized carbons (Fsp3) is 0.538. The zero-order valence-corrected chi connectivity index (χ0v) is 11.9. The van der Waals surface area contributed by atoms with Gasteiger partial charge in [-0.05, 0) is 25.3 Å². The summed E-state index contributed by atoms with van der Waals surface area (Å²) in [5.74, 6) is -0.0519. The van der Waals surface area contributed by atoms with Gasteiger partial charge in [0.25, 0.3) is 0 Å². The Hall–Kier alpha value is -0.580. The summed E-state index contributed by atoms with van der Waals surface area (Å²) in [5, 5.41) is -0.491. The molecule has 1 aromatic carbocycles. The van der Waals surface area contributed by atoms with Crippen molar-refractivity contribution in [2.45, 2.75) is 25.0 Å². The summed E-state index contributed by atoms with van der Waals surface area (Å²) < 4.78 is 28.5. The van der Waals surface area contributed by atoms with Crippen molar-refractivity contribution in [3.63, 3.8) is 0 Å². The zero-order valence-electron chi connectivity index (χ0n) is 10.3. The van der Waals surface area contributed by atoms with Gasteiger partial charge in [0.2, 0.25) is 9.05 Å². The molecule has 1 saturated heterocycles. The van der Waals surface area contributed by atoms with E-state index in [0.717, 1.165) is 5.56 Å². The minimum absolute atomic E-state index is 0.0519. The SMILES string of the molecule is Cc1ccc(C[C@H]2COCC[C@H]2S(=O)(=O)Cl)cc1. The highest BCUT2D eigenvalue weighted by Crippen LogP contribution is 2.27. The Kier molecular flexibility index (Phi) is 4.30. The van der Waals surface area contributed by atoms with Crippen molar-refractivity contribution in [3.8, 4) is 0 Å². The van der Waals surface area contributed by atoms with Gasteiger partial charge in [-0.15, -0.1) is 0 Å². The van der Waals surface area contributed by atoms with Crippen molar-refractivity contribution in [1.82, 2.24) is 0 Å². The van der Waals surface area contributed by atoms with E-state index < -0.39 is 14.3 Å². The number of hydrogen-bond donors (Lipinski definition) is 0.